The monoisotopic (exact) mass is 466 g/mol. The lowest BCUT2D eigenvalue weighted by atomic mass is 9.93. The molecule has 0 spiro atoms. The quantitative estimate of drug-likeness (QED) is 0.604. The molecule has 0 atom stereocenters. The van der Waals surface area contributed by atoms with E-state index in [0.29, 0.717) is 38.6 Å². The molecular weight excluding hydrogens is 437 g/mol. The highest BCUT2D eigenvalue weighted by atomic mass is 32.2. The van der Waals surface area contributed by atoms with E-state index in [4.69, 9.17) is 9.84 Å². The summed E-state index contributed by atoms with van der Waals surface area (Å²) in [5.74, 6) is -0.183. The van der Waals surface area contributed by atoms with Crippen molar-refractivity contribution in [2.24, 2.45) is 0 Å². The lowest BCUT2D eigenvalue weighted by Crippen LogP contribution is -2.41. The molecule has 7 nitrogen and oxygen atoms in total. The van der Waals surface area contributed by atoms with E-state index in [-0.39, 0.29) is 36.2 Å². The Labute approximate surface area is 180 Å². The lowest BCUT2D eigenvalue weighted by Gasteiger charge is -2.34. The Hall–Kier alpha value is -1.69. The summed E-state index contributed by atoms with van der Waals surface area (Å²) in [6.45, 7) is 0.375. The van der Waals surface area contributed by atoms with E-state index in [2.05, 4.69) is 0 Å². The number of carbonyl (C=O) groups excluding carboxylic acids is 1. The van der Waals surface area contributed by atoms with Gasteiger partial charge in [-0.1, -0.05) is 0 Å². The van der Waals surface area contributed by atoms with Crippen LogP contribution in [0.2, 0.25) is 0 Å². The first kappa shape index (κ1) is 25.6. The first-order valence-electron chi connectivity index (χ1n) is 10.1. The maximum atomic E-state index is 12.8. The van der Waals surface area contributed by atoms with Crippen LogP contribution in [-0.2, 0) is 25.7 Å². The predicted octanol–water partition coefficient (Wildman–Crippen LogP) is 2.49. The number of alkyl halides is 3. The van der Waals surface area contributed by atoms with Crippen molar-refractivity contribution >= 4 is 15.9 Å². The molecule has 1 aliphatic carbocycles. The van der Waals surface area contributed by atoms with Crippen molar-refractivity contribution in [2.75, 3.05) is 33.9 Å². The molecule has 1 fully saturated rings. The van der Waals surface area contributed by atoms with Gasteiger partial charge in [0.1, 0.15) is 6.61 Å². The van der Waals surface area contributed by atoms with Crippen LogP contribution in [0.5, 0.6) is 0 Å². The van der Waals surface area contributed by atoms with Gasteiger partial charge in [0.25, 0.3) is 0 Å². The molecule has 1 aromatic rings. The Balaban J connectivity index is 1.88. The van der Waals surface area contributed by atoms with Crippen LogP contribution in [0.1, 0.15) is 37.7 Å². The smallest absolute Gasteiger partial charge is 0.396 e. The molecule has 0 unspecified atom stereocenters. The van der Waals surface area contributed by atoms with Gasteiger partial charge in [-0.25, -0.2) is 8.42 Å². The van der Waals surface area contributed by atoms with E-state index in [1.54, 1.807) is 7.05 Å². The molecule has 0 saturated heterocycles. The van der Waals surface area contributed by atoms with Gasteiger partial charge in [0.05, 0.1) is 16.6 Å². The Morgan fingerprint density at radius 2 is 1.71 bits per heavy atom. The number of aliphatic hydroxyl groups excluding tert-OH is 1. The third-order valence-electron chi connectivity index (χ3n) is 5.54. The van der Waals surface area contributed by atoms with Crippen molar-refractivity contribution in [2.45, 2.75) is 55.3 Å². The highest BCUT2D eigenvalue weighted by Gasteiger charge is 2.34. The van der Waals surface area contributed by atoms with Crippen LogP contribution in [0, 0.1) is 0 Å². The van der Waals surface area contributed by atoms with Crippen molar-refractivity contribution in [3.8, 4) is 0 Å². The molecule has 31 heavy (non-hydrogen) atoms. The van der Waals surface area contributed by atoms with Gasteiger partial charge in [-0.2, -0.15) is 17.5 Å². The number of carbonyl (C=O) groups is 1. The van der Waals surface area contributed by atoms with E-state index in [0.717, 1.165) is 24.3 Å². The van der Waals surface area contributed by atoms with Gasteiger partial charge in [-0.3, -0.25) is 4.79 Å². The van der Waals surface area contributed by atoms with Gasteiger partial charge in [0.15, 0.2) is 0 Å². The normalized spacial score (nSPS) is 20.1. The van der Waals surface area contributed by atoms with E-state index in [1.807, 2.05) is 0 Å². The number of aliphatic hydroxyl groups is 1. The fourth-order valence-electron chi connectivity index (χ4n) is 3.49. The zero-order valence-corrected chi connectivity index (χ0v) is 18.5. The third kappa shape index (κ3) is 6.90. The predicted molar refractivity (Wildman–Crippen MR) is 108 cm³/mol. The molecule has 1 aliphatic rings. The number of benzene rings is 1. The molecule has 1 saturated carbocycles. The fraction of sp³-hybridized carbons (Fsp3) is 0.650. The Bertz CT molecular complexity index is 822. The summed E-state index contributed by atoms with van der Waals surface area (Å²) < 4.78 is 70.6. The summed E-state index contributed by atoms with van der Waals surface area (Å²) in [6.07, 6.45) is -2.00. The van der Waals surface area contributed by atoms with Crippen LogP contribution in [0.4, 0.5) is 13.2 Å². The second-order valence-electron chi connectivity index (χ2n) is 7.68. The average Bonchev–Trinajstić information content (AvgIpc) is 2.75. The lowest BCUT2D eigenvalue weighted by molar-refractivity contribution is -0.138. The van der Waals surface area contributed by atoms with Crippen molar-refractivity contribution in [3.05, 3.63) is 29.8 Å². The standard InChI is InChI=1S/C20H29F3N2O5S/c1-24(12-3-13-26)19(27)14-30-17-8-6-16(7-9-17)25(2)31(28,29)18-10-4-15(5-11-18)20(21,22)23/h4-5,10-11,16-17,26H,3,6-9,12-14H2,1-2H3/t16-,17-. The Morgan fingerprint density at radius 1 is 1.13 bits per heavy atom. The van der Waals surface area contributed by atoms with Crippen molar-refractivity contribution in [1.82, 2.24) is 9.21 Å². The second-order valence-corrected chi connectivity index (χ2v) is 9.67. The summed E-state index contributed by atoms with van der Waals surface area (Å²) in [5.41, 5.74) is -0.900. The second kappa shape index (κ2) is 10.8. The number of halogens is 3. The topological polar surface area (TPSA) is 87.2 Å². The fourth-order valence-corrected chi connectivity index (χ4v) is 4.90. The molecule has 0 bridgehead atoms. The van der Waals surface area contributed by atoms with Crippen LogP contribution in [0.15, 0.2) is 29.2 Å². The van der Waals surface area contributed by atoms with E-state index < -0.39 is 21.8 Å². The first-order valence-corrected chi connectivity index (χ1v) is 11.5. The molecule has 11 heteroatoms. The number of rotatable bonds is 9. The Kier molecular flexibility index (Phi) is 8.87. The van der Waals surface area contributed by atoms with Crippen LogP contribution >= 0.6 is 0 Å². The van der Waals surface area contributed by atoms with Crippen molar-refractivity contribution in [1.29, 1.82) is 0 Å². The van der Waals surface area contributed by atoms with Gasteiger partial charge >= 0.3 is 6.18 Å². The first-order chi connectivity index (χ1) is 14.5. The molecule has 0 aliphatic heterocycles. The van der Waals surface area contributed by atoms with Crippen LogP contribution in [0.3, 0.4) is 0 Å². The van der Waals surface area contributed by atoms with Gasteiger partial charge in [-0.15, -0.1) is 0 Å². The molecule has 0 heterocycles. The maximum absolute atomic E-state index is 12.8. The van der Waals surface area contributed by atoms with E-state index >= 15 is 0 Å². The minimum Gasteiger partial charge on any atom is -0.396 e. The molecule has 1 N–H and O–H groups in total. The highest BCUT2D eigenvalue weighted by Crippen LogP contribution is 2.32. The molecule has 2 rings (SSSR count). The van der Waals surface area contributed by atoms with E-state index in [1.165, 1.54) is 16.3 Å². The van der Waals surface area contributed by atoms with Crippen LogP contribution in [-0.4, -0.2) is 74.6 Å². The van der Waals surface area contributed by atoms with Crippen molar-refractivity contribution in [3.63, 3.8) is 0 Å². The molecular formula is C20H29F3N2O5S. The van der Waals surface area contributed by atoms with Gasteiger partial charge in [-0.05, 0) is 56.4 Å². The van der Waals surface area contributed by atoms with Gasteiger partial charge in [0, 0.05) is 33.3 Å². The number of ether oxygens (including phenoxy) is 1. The van der Waals surface area contributed by atoms with E-state index in [9.17, 15) is 26.4 Å². The summed E-state index contributed by atoms with van der Waals surface area (Å²) in [5, 5.41) is 8.81. The summed E-state index contributed by atoms with van der Waals surface area (Å²) in [4.78, 5) is 13.3. The van der Waals surface area contributed by atoms with Gasteiger partial charge in [0.2, 0.25) is 15.9 Å². The summed E-state index contributed by atoms with van der Waals surface area (Å²) >= 11 is 0. The number of hydrogen-bond acceptors (Lipinski definition) is 5. The van der Waals surface area contributed by atoms with Crippen LogP contribution < -0.4 is 0 Å². The minimum absolute atomic E-state index is 0.00535. The highest BCUT2D eigenvalue weighted by molar-refractivity contribution is 7.89. The number of amides is 1. The Morgan fingerprint density at radius 3 is 2.23 bits per heavy atom. The zero-order valence-electron chi connectivity index (χ0n) is 17.6. The third-order valence-corrected chi connectivity index (χ3v) is 7.46. The summed E-state index contributed by atoms with van der Waals surface area (Å²) in [7, 11) is -0.853. The minimum atomic E-state index is -4.53. The molecule has 1 aromatic carbocycles. The number of likely N-dealkylation sites (N-methyl/N-ethyl adjacent to an activating group) is 1. The van der Waals surface area contributed by atoms with Crippen molar-refractivity contribution < 1.29 is 36.2 Å². The average molecular weight is 467 g/mol. The molecule has 0 radical (unpaired) electrons. The largest absolute Gasteiger partial charge is 0.416 e. The number of hydrogen-bond donors (Lipinski definition) is 1. The molecule has 1 amide bonds. The molecule has 176 valence electrons. The zero-order chi connectivity index (χ0) is 23.2. The molecule has 0 aromatic heterocycles. The van der Waals surface area contributed by atoms with Gasteiger partial charge < -0.3 is 14.7 Å². The summed E-state index contributed by atoms with van der Waals surface area (Å²) in [6, 6.07) is 3.18. The SMILES string of the molecule is CN(CCCO)C(=O)CO[C@H]1CC[C@H](N(C)S(=O)(=O)c2ccc(C(F)(F)F)cc2)CC1. The number of nitrogens with zero attached hydrogens (tertiary/aromatic N) is 2. The van der Waals surface area contributed by atoms with Crippen LogP contribution in [0.25, 0.3) is 0 Å². The number of sulfonamides is 1. The maximum Gasteiger partial charge on any atom is 0.416 e.